The van der Waals surface area contributed by atoms with E-state index in [0.717, 1.165) is 0 Å². The highest BCUT2D eigenvalue weighted by Crippen LogP contribution is 2.25. The summed E-state index contributed by atoms with van der Waals surface area (Å²) in [7, 11) is 0. The average Bonchev–Trinajstić information content (AvgIpc) is 2.37. The van der Waals surface area contributed by atoms with E-state index in [0.29, 0.717) is 25.7 Å². The average molecular weight is 357 g/mol. The molecule has 0 amide bonds. The standard InChI is InChI=1S/C19H35NO5/c1-14(21)8-11-19(20,12-9-15(22)24-17(2,3)4)13-10-16(23)25-18(5,6)7/h8-13,20H2,1-7H3. The van der Waals surface area contributed by atoms with Gasteiger partial charge in [-0.2, -0.15) is 0 Å². The smallest absolute Gasteiger partial charge is 0.306 e. The Bertz CT molecular complexity index is 439. The van der Waals surface area contributed by atoms with Gasteiger partial charge in [-0.1, -0.05) is 0 Å². The molecule has 6 nitrogen and oxygen atoms in total. The molecule has 6 heteroatoms. The van der Waals surface area contributed by atoms with E-state index >= 15 is 0 Å². The van der Waals surface area contributed by atoms with Crippen molar-refractivity contribution in [2.24, 2.45) is 5.73 Å². The Morgan fingerprint density at radius 3 is 1.32 bits per heavy atom. The lowest BCUT2D eigenvalue weighted by atomic mass is 9.84. The number of Topliss-reactive ketones (excluding diaryl/α,β-unsaturated/α-hetero) is 1. The molecule has 0 aromatic carbocycles. The van der Waals surface area contributed by atoms with Gasteiger partial charge in [0.05, 0.1) is 0 Å². The summed E-state index contributed by atoms with van der Waals surface area (Å²) >= 11 is 0. The summed E-state index contributed by atoms with van der Waals surface area (Å²) in [4.78, 5) is 35.2. The second-order valence-corrected chi connectivity index (χ2v) is 8.74. The van der Waals surface area contributed by atoms with Crippen LogP contribution in [0.4, 0.5) is 0 Å². The van der Waals surface area contributed by atoms with Gasteiger partial charge >= 0.3 is 11.9 Å². The highest BCUT2D eigenvalue weighted by atomic mass is 16.6. The van der Waals surface area contributed by atoms with Crippen molar-refractivity contribution < 1.29 is 23.9 Å². The summed E-state index contributed by atoms with van der Waals surface area (Å²) in [5.74, 6) is -0.630. The molecule has 146 valence electrons. The summed E-state index contributed by atoms with van der Waals surface area (Å²) in [5.41, 5.74) is 4.52. The summed E-state index contributed by atoms with van der Waals surface area (Å²) in [5, 5.41) is 0. The van der Waals surface area contributed by atoms with Crippen molar-refractivity contribution in [1.29, 1.82) is 0 Å². The molecule has 0 atom stereocenters. The van der Waals surface area contributed by atoms with E-state index in [2.05, 4.69) is 0 Å². The van der Waals surface area contributed by atoms with E-state index in [9.17, 15) is 14.4 Å². The quantitative estimate of drug-likeness (QED) is 0.636. The Morgan fingerprint density at radius 2 is 1.04 bits per heavy atom. The highest BCUT2D eigenvalue weighted by Gasteiger charge is 2.29. The first-order valence-corrected chi connectivity index (χ1v) is 8.84. The minimum atomic E-state index is -0.778. The van der Waals surface area contributed by atoms with Crippen LogP contribution in [0.1, 0.15) is 87.0 Å². The summed E-state index contributed by atoms with van der Waals surface area (Å²) in [6, 6.07) is 0. The van der Waals surface area contributed by atoms with Crippen LogP contribution >= 0.6 is 0 Å². The van der Waals surface area contributed by atoms with Crippen LogP contribution in [0, 0.1) is 0 Å². The van der Waals surface area contributed by atoms with Gasteiger partial charge in [-0.3, -0.25) is 9.59 Å². The fourth-order valence-corrected chi connectivity index (χ4v) is 2.29. The molecule has 0 rings (SSSR count). The van der Waals surface area contributed by atoms with E-state index in [1.165, 1.54) is 6.92 Å². The molecular weight excluding hydrogens is 322 g/mol. The van der Waals surface area contributed by atoms with Crippen molar-refractivity contribution in [3.05, 3.63) is 0 Å². The van der Waals surface area contributed by atoms with Gasteiger partial charge in [0.25, 0.3) is 0 Å². The molecule has 0 unspecified atom stereocenters. The number of hydrogen-bond donors (Lipinski definition) is 1. The molecule has 0 aliphatic carbocycles. The first kappa shape index (κ1) is 23.6. The molecule has 0 aromatic heterocycles. The Hall–Kier alpha value is -1.43. The lowest BCUT2D eigenvalue weighted by Gasteiger charge is -2.30. The number of esters is 2. The third kappa shape index (κ3) is 13.5. The first-order valence-electron chi connectivity index (χ1n) is 8.84. The predicted octanol–water partition coefficient (Wildman–Crippen LogP) is 3.30. The maximum absolute atomic E-state index is 11.9. The summed E-state index contributed by atoms with van der Waals surface area (Å²) in [6.07, 6.45) is 1.77. The van der Waals surface area contributed by atoms with Crippen molar-refractivity contribution in [1.82, 2.24) is 0 Å². The fourth-order valence-electron chi connectivity index (χ4n) is 2.29. The van der Waals surface area contributed by atoms with Crippen LogP contribution in [-0.4, -0.2) is 34.5 Å². The van der Waals surface area contributed by atoms with Crippen LogP contribution in [0.25, 0.3) is 0 Å². The zero-order valence-corrected chi connectivity index (χ0v) is 16.9. The molecule has 0 aliphatic rings. The van der Waals surface area contributed by atoms with Crippen molar-refractivity contribution in [2.75, 3.05) is 0 Å². The number of nitrogens with two attached hydrogens (primary N) is 1. The number of ether oxygens (including phenoxy) is 2. The monoisotopic (exact) mass is 357 g/mol. The van der Waals surface area contributed by atoms with Crippen LogP contribution in [0.3, 0.4) is 0 Å². The van der Waals surface area contributed by atoms with Crippen LogP contribution < -0.4 is 5.73 Å². The maximum atomic E-state index is 11.9. The molecule has 2 N–H and O–H groups in total. The van der Waals surface area contributed by atoms with Gasteiger partial charge in [0, 0.05) is 24.8 Å². The zero-order chi connectivity index (χ0) is 19.9. The second-order valence-electron chi connectivity index (χ2n) is 8.74. The predicted molar refractivity (Wildman–Crippen MR) is 97.0 cm³/mol. The lowest BCUT2D eigenvalue weighted by molar-refractivity contribution is -0.155. The largest absolute Gasteiger partial charge is 0.460 e. The van der Waals surface area contributed by atoms with E-state index in [-0.39, 0.29) is 30.6 Å². The van der Waals surface area contributed by atoms with Gasteiger partial charge in [0.1, 0.15) is 17.0 Å². The van der Waals surface area contributed by atoms with Crippen LogP contribution in [-0.2, 0) is 23.9 Å². The van der Waals surface area contributed by atoms with E-state index in [1.54, 1.807) is 41.5 Å². The molecule has 0 bridgehead atoms. The first-order chi connectivity index (χ1) is 11.1. The van der Waals surface area contributed by atoms with E-state index in [1.807, 2.05) is 0 Å². The van der Waals surface area contributed by atoms with Crippen LogP contribution in [0.2, 0.25) is 0 Å². The molecule has 25 heavy (non-hydrogen) atoms. The SMILES string of the molecule is CC(=O)CCC(N)(CCC(=O)OC(C)(C)C)CCC(=O)OC(C)(C)C. The third-order valence-corrected chi connectivity index (χ3v) is 3.47. The Labute approximate surface area is 151 Å². The third-order valence-electron chi connectivity index (χ3n) is 3.47. The van der Waals surface area contributed by atoms with Gasteiger partial charge < -0.3 is 20.0 Å². The number of ketones is 1. The van der Waals surface area contributed by atoms with Gasteiger partial charge in [0.15, 0.2) is 0 Å². The van der Waals surface area contributed by atoms with Gasteiger partial charge in [-0.15, -0.1) is 0 Å². The minimum Gasteiger partial charge on any atom is -0.460 e. The highest BCUT2D eigenvalue weighted by molar-refractivity contribution is 5.75. The Morgan fingerprint density at radius 1 is 0.720 bits per heavy atom. The van der Waals surface area contributed by atoms with Crippen LogP contribution in [0.15, 0.2) is 0 Å². The molecule has 0 fully saturated rings. The molecule has 0 heterocycles. The van der Waals surface area contributed by atoms with Gasteiger partial charge in [-0.05, 0) is 67.7 Å². The zero-order valence-electron chi connectivity index (χ0n) is 16.9. The molecule has 0 spiro atoms. The lowest BCUT2D eigenvalue weighted by Crippen LogP contribution is -2.42. The fraction of sp³-hybridized carbons (Fsp3) is 0.842. The van der Waals surface area contributed by atoms with Crippen molar-refractivity contribution in [3.63, 3.8) is 0 Å². The maximum Gasteiger partial charge on any atom is 0.306 e. The number of carbonyl (C=O) groups is 3. The van der Waals surface area contributed by atoms with Crippen molar-refractivity contribution in [3.8, 4) is 0 Å². The van der Waals surface area contributed by atoms with Crippen LogP contribution in [0.5, 0.6) is 0 Å². The normalized spacial score (nSPS) is 12.6. The number of rotatable bonds is 9. The van der Waals surface area contributed by atoms with E-state index < -0.39 is 16.7 Å². The number of hydrogen-bond acceptors (Lipinski definition) is 6. The Kier molecular flexibility index (Phi) is 8.79. The molecule has 0 aromatic rings. The summed E-state index contributed by atoms with van der Waals surface area (Å²) in [6.45, 7) is 12.3. The molecular formula is C19H35NO5. The topological polar surface area (TPSA) is 95.7 Å². The molecule has 0 radical (unpaired) electrons. The van der Waals surface area contributed by atoms with Gasteiger partial charge in [0.2, 0.25) is 0 Å². The van der Waals surface area contributed by atoms with Crippen molar-refractivity contribution >= 4 is 17.7 Å². The minimum absolute atomic E-state index is 0.0318. The van der Waals surface area contributed by atoms with Crippen molar-refractivity contribution in [2.45, 2.75) is 104 Å². The second kappa shape index (κ2) is 9.32. The molecule has 0 saturated carbocycles. The Balaban J connectivity index is 4.74. The number of carbonyl (C=O) groups excluding carboxylic acids is 3. The molecule has 0 aliphatic heterocycles. The summed E-state index contributed by atoms with van der Waals surface area (Å²) < 4.78 is 10.6. The van der Waals surface area contributed by atoms with E-state index in [4.69, 9.17) is 15.2 Å². The van der Waals surface area contributed by atoms with Gasteiger partial charge in [-0.25, -0.2) is 0 Å². The molecule has 0 saturated heterocycles.